The van der Waals surface area contributed by atoms with Crippen LogP contribution in [-0.2, 0) is 0 Å². The van der Waals surface area contributed by atoms with Gasteiger partial charge in [0.15, 0.2) is 11.0 Å². The number of hydrogen-bond acceptors (Lipinski definition) is 3. The summed E-state index contributed by atoms with van der Waals surface area (Å²) in [5.74, 6) is 0.742. The average molecular weight is 240 g/mol. The Labute approximate surface area is 102 Å². The molecular formula is C12H18ClN3. The van der Waals surface area contributed by atoms with Crippen molar-refractivity contribution >= 4 is 17.4 Å². The molecule has 0 radical (unpaired) electrons. The van der Waals surface area contributed by atoms with Gasteiger partial charge in [-0.25, -0.2) is 9.97 Å². The molecule has 4 heteroatoms. The molecule has 1 aromatic heterocycles. The van der Waals surface area contributed by atoms with Crippen LogP contribution in [0.4, 0.5) is 5.82 Å². The lowest BCUT2D eigenvalue weighted by Gasteiger charge is -2.42. The Balaban J connectivity index is 2.24. The number of rotatable bonds is 3. The zero-order valence-corrected chi connectivity index (χ0v) is 10.9. The van der Waals surface area contributed by atoms with Crippen molar-refractivity contribution in [3.8, 4) is 0 Å². The predicted molar refractivity (Wildman–Crippen MR) is 67.0 cm³/mol. The standard InChI is InChI=1S/C12H18ClN3/c1-4-12(6-5-7-12)16-11-10(13)14-8(2)9(3)15-11/h4-7H2,1-3H3,(H,15,16). The third kappa shape index (κ3) is 2.01. The highest BCUT2D eigenvalue weighted by atomic mass is 35.5. The molecule has 0 unspecified atom stereocenters. The van der Waals surface area contributed by atoms with Gasteiger partial charge in [-0.3, -0.25) is 0 Å². The number of hydrogen-bond donors (Lipinski definition) is 1. The first kappa shape index (κ1) is 11.6. The molecule has 1 aliphatic carbocycles. The lowest BCUT2D eigenvalue weighted by Crippen LogP contribution is -2.44. The SMILES string of the molecule is CCC1(Nc2nc(C)c(C)nc2Cl)CCC1. The van der Waals surface area contributed by atoms with Gasteiger partial charge in [0.25, 0.3) is 0 Å². The second-order valence-corrected chi connectivity index (χ2v) is 5.00. The van der Waals surface area contributed by atoms with Crippen LogP contribution in [-0.4, -0.2) is 15.5 Å². The highest BCUT2D eigenvalue weighted by Crippen LogP contribution is 2.38. The van der Waals surface area contributed by atoms with Gasteiger partial charge in [-0.05, 0) is 39.5 Å². The molecule has 0 spiro atoms. The molecule has 1 heterocycles. The van der Waals surface area contributed by atoms with Crippen LogP contribution in [0.3, 0.4) is 0 Å². The Morgan fingerprint density at radius 3 is 2.38 bits per heavy atom. The largest absolute Gasteiger partial charge is 0.362 e. The fourth-order valence-electron chi connectivity index (χ4n) is 2.08. The molecular weight excluding hydrogens is 222 g/mol. The Morgan fingerprint density at radius 2 is 1.88 bits per heavy atom. The lowest BCUT2D eigenvalue weighted by atomic mass is 9.75. The molecule has 0 atom stereocenters. The van der Waals surface area contributed by atoms with Gasteiger partial charge in [0, 0.05) is 5.54 Å². The Kier molecular flexibility index (Phi) is 3.06. The minimum absolute atomic E-state index is 0.208. The number of nitrogens with zero attached hydrogens (tertiary/aromatic N) is 2. The first-order valence-electron chi connectivity index (χ1n) is 5.85. The molecule has 2 rings (SSSR count). The summed E-state index contributed by atoms with van der Waals surface area (Å²) in [6, 6.07) is 0. The van der Waals surface area contributed by atoms with Gasteiger partial charge in [0.05, 0.1) is 11.4 Å². The van der Waals surface area contributed by atoms with Crippen molar-refractivity contribution in [1.82, 2.24) is 9.97 Å². The van der Waals surface area contributed by atoms with Crippen LogP contribution < -0.4 is 5.32 Å². The normalized spacial score (nSPS) is 18.0. The summed E-state index contributed by atoms with van der Waals surface area (Å²) in [7, 11) is 0. The average Bonchev–Trinajstić information content (AvgIpc) is 2.19. The van der Waals surface area contributed by atoms with E-state index in [1.807, 2.05) is 13.8 Å². The summed E-state index contributed by atoms with van der Waals surface area (Å²) in [6.07, 6.45) is 4.80. The molecule has 1 aromatic rings. The van der Waals surface area contributed by atoms with Crippen LogP contribution in [0.15, 0.2) is 0 Å². The summed E-state index contributed by atoms with van der Waals surface area (Å²) in [5.41, 5.74) is 2.05. The van der Waals surface area contributed by atoms with Crippen molar-refractivity contribution in [2.75, 3.05) is 5.32 Å². The van der Waals surface area contributed by atoms with Crippen LogP contribution in [0.5, 0.6) is 0 Å². The van der Waals surface area contributed by atoms with Crippen molar-refractivity contribution in [1.29, 1.82) is 0 Å². The van der Waals surface area contributed by atoms with E-state index in [1.165, 1.54) is 19.3 Å². The molecule has 0 aliphatic heterocycles. The molecule has 1 fully saturated rings. The summed E-state index contributed by atoms with van der Waals surface area (Å²) in [4.78, 5) is 8.77. The molecule has 0 saturated heterocycles. The zero-order chi connectivity index (χ0) is 11.8. The van der Waals surface area contributed by atoms with Crippen molar-refractivity contribution in [2.24, 2.45) is 0 Å². The summed E-state index contributed by atoms with van der Waals surface area (Å²) >= 11 is 6.11. The second kappa shape index (κ2) is 4.21. The summed E-state index contributed by atoms with van der Waals surface area (Å²) in [6.45, 7) is 6.09. The van der Waals surface area contributed by atoms with E-state index in [0.29, 0.717) is 5.15 Å². The van der Waals surface area contributed by atoms with Crippen LogP contribution in [0.25, 0.3) is 0 Å². The molecule has 88 valence electrons. The van der Waals surface area contributed by atoms with E-state index in [1.54, 1.807) is 0 Å². The molecule has 3 nitrogen and oxygen atoms in total. The van der Waals surface area contributed by atoms with Gasteiger partial charge in [-0.15, -0.1) is 0 Å². The van der Waals surface area contributed by atoms with Gasteiger partial charge in [-0.1, -0.05) is 18.5 Å². The van der Waals surface area contributed by atoms with Gasteiger partial charge >= 0.3 is 0 Å². The highest BCUT2D eigenvalue weighted by molar-refractivity contribution is 6.31. The number of aromatic nitrogens is 2. The first-order valence-corrected chi connectivity index (χ1v) is 6.23. The molecule has 0 amide bonds. The quantitative estimate of drug-likeness (QED) is 0.878. The van der Waals surface area contributed by atoms with E-state index in [9.17, 15) is 0 Å². The maximum atomic E-state index is 6.11. The summed E-state index contributed by atoms with van der Waals surface area (Å²) in [5, 5.41) is 3.96. The molecule has 1 saturated carbocycles. The lowest BCUT2D eigenvalue weighted by molar-refractivity contribution is 0.268. The Hall–Kier alpha value is -0.830. The third-order valence-corrected chi connectivity index (χ3v) is 3.90. The van der Waals surface area contributed by atoms with E-state index in [2.05, 4.69) is 22.2 Å². The minimum atomic E-state index is 0.208. The Morgan fingerprint density at radius 1 is 1.25 bits per heavy atom. The smallest absolute Gasteiger partial charge is 0.171 e. The van der Waals surface area contributed by atoms with Gasteiger partial charge in [-0.2, -0.15) is 0 Å². The van der Waals surface area contributed by atoms with Gasteiger partial charge < -0.3 is 5.32 Å². The van der Waals surface area contributed by atoms with Crippen LogP contribution in [0.1, 0.15) is 44.0 Å². The van der Waals surface area contributed by atoms with E-state index in [0.717, 1.165) is 23.6 Å². The van der Waals surface area contributed by atoms with Crippen LogP contribution in [0.2, 0.25) is 5.15 Å². The van der Waals surface area contributed by atoms with Crippen molar-refractivity contribution < 1.29 is 0 Å². The number of nitrogens with one attached hydrogen (secondary N) is 1. The van der Waals surface area contributed by atoms with Crippen molar-refractivity contribution in [3.05, 3.63) is 16.5 Å². The van der Waals surface area contributed by atoms with E-state index >= 15 is 0 Å². The summed E-state index contributed by atoms with van der Waals surface area (Å²) < 4.78 is 0. The maximum Gasteiger partial charge on any atom is 0.171 e. The third-order valence-electron chi connectivity index (χ3n) is 3.64. The van der Waals surface area contributed by atoms with Crippen LogP contribution in [0, 0.1) is 13.8 Å². The Bertz CT molecular complexity index is 394. The maximum absolute atomic E-state index is 6.11. The van der Waals surface area contributed by atoms with Gasteiger partial charge in [0.1, 0.15) is 0 Å². The molecule has 0 aromatic carbocycles. The van der Waals surface area contributed by atoms with Gasteiger partial charge in [0.2, 0.25) is 0 Å². The van der Waals surface area contributed by atoms with Crippen LogP contribution >= 0.6 is 11.6 Å². The molecule has 0 bridgehead atoms. The predicted octanol–water partition coefficient (Wildman–Crippen LogP) is 3.49. The highest BCUT2D eigenvalue weighted by Gasteiger charge is 2.35. The number of anilines is 1. The van der Waals surface area contributed by atoms with E-state index in [-0.39, 0.29) is 5.54 Å². The van der Waals surface area contributed by atoms with Crippen molar-refractivity contribution in [3.63, 3.8) is 0 Å². The second-order valence-electron chi connectivity index (χ2n) is 4.65. The molecule has 1 aliphatic rings. The zero-order valence-electron chi connectivity index (χ0n) is 10.1. The minimum Gasteiger partial charge on any atom is -0.362 e. The number of halogens is 1. The van der Waals surface area contributed by atoms with E-state index < -0.39 is 0 Å². The number of aryl methyl sites for hydroxylation is 2. The topological polar surface area (TPSA) is 37.8 Å². The van der Waals surface area contributed by atoms with E-state index in [4.69, 9.17) is 11.6 Å². The fraction of sp³-hybridized carbons (Fsp3) is 0.667. The molecule has 16 heavy (non-hydrogen) atoms. The first-order chi connectivity index (χ1) is 7.56. The fourth-order valence-corrected chi connectivity index (χ4v) is 2.29. The van der Waals surface area contributed by atoms with Crippen molar-refractivity contribution in [2.45, 2.75) is 52.0 Å². The monoisotopic (exact) mass is 239 g/mol. The molecule has 1 N–H and O–H groups in total.